The van der Waals surface area contributed by atoms with Gasteiger partial charge in [0.15, 0.2) is 0 Å². The van der Waals surface area contributed by atoms with Gasteiger partial charge in [0.1, 0.15) is 0 Å². The second kappa shape index (κ2) is 21.8. The SMILES string of the molecule is [2H]c1c(-n2c3c([2H])c([2H])c([2H])c([2H])c3c3c([2H])c([2H])c([2H])c([2H])c32)cc2c(c1[2H])B1c3c(cc(-c4ccc5c(c4)c4ccccc4n5-c4ccccc4)cc3N(c3ccccc3-c3ccc(C(C)(C)C)cc3)c3c([2H])c(-n4c5c([2H])c([2H])c([2H])c([2H])c5c5c([2H])c([2H])c([2H])c([2H])c54)c([2H])c([2H])c31)N2c1ccccc1-c1ccc(C(C)(C)C)cc1. The molecule has 466 valence electrons. The monoisotopic (exact) mass is 1280 g/mol. The Hall–Kier alpha value is -11.9. The average Bonchev–Trinajstić information content (AvgIpc) is 1.59. The number of nitrogens with zero attached hydrogens (tertiary/aromatic N) is 5. The highest BCUT2D eigenvalue weighted by molar-refractivity contribution is 7.00. The molecule has 0 N–H and O–H groups in total. The topological polar surface area (TPSA) is 21.3 Å². The third-order valence-electron chi connectivity index (χ3n) is 19.6. The van der Waals surface area contributed by atoms with Crippen LogP contribution in [0.5, 0.6) is 0 Å². The van der Waals surface area contributed by atoms with Gasteiger partial charge in [-0.1, -0.05) is 254 Å². The molecule has 0 aliphatic carbocycles. The molecule has 5 heterocycles. The van der Waals surface area contributed by atoms with Crippen molar-refractivity contribution in [1.29, 1.82) is 0 Å². The fraction of sp³-hybridized carbons (Fsp3) is 0.0870. The maximum atomic E-state index is 11.5. The van der Waals surface area contributed by atoms with E-state index in [2.05, 4.69) is 82.5 Å². The van der Waals surface area contributed by atoms with E-state index in [1.807, 2.05) is 155 Å². The van der Waals surface area contributed by atoms with Crippen molar-refractivity contribution in [3.8, 4) is 50.4 Å². The van der Waals surface area contributed by atoms with Gasteiger partial charge < -0.3 is 23.5 Å². The molecule has 6 heteroatoms. The predicted molar refractivity (Wildman–Crippen MR) is 417 cm³/mol. The van der Waals surface area contributed by atoms with Crippen LogP contribution in [0.2, 0.25) is 0 Å². The summed E-state index contributed by atoms with van der Waals surface area (Å²) in [6.45, 7) is 11.2. The molecule has 19 rings (SSSR count). The first kappa shape index (κ1) is 39.9. The van der Waals surface area contributed by atoms with Gasteiger partial charge in [-0.15, -0.1) is 0 Å². The van der Waals surface area contributed by atoms with E-state index in [1.165, 1.54) is 4.57 Å². The standard InChI is InChI=1S/C92H70BN5/c1-91(2,3)63-45-40-59(41-46-63)68-26-10-17-33-78(68)97-86-57-66(95-80-35-19-12-28-70(80)71-29-13-20-36-81(71)95)49-51-76(86)93-77-52-50-67(96-82-37-21-14-30-72(82)73-31-15-22-38-83(73)96)58-87(77)98(79-34-18-11-27-69(79)60-42-47-64(48-43-60)92(4,5)6)89-56-62(55-88(97)90(89)93)61-44-53-85-75(54-61)74-32-16-23-39-84(74)94(85)65-24-8-7-9-25-65/h7-58H,1-6H3/i12D,13D,14D,15D,19D,20D,21D,22D,28D,29D,30D,31D,35D,36D,37D,38D,49D,50D,51D,52D,57D. The van der Waals surface area contributed by atoms with Gasteiger partial charge in [0.2, 0.25) is 0 Å². The summed E-state index contributed by atoms with van der Waals surface area (Å²) in [7, 11) is 0. The Morgan fingerprint density at radius 1 is 0.286 bits per heavy atom. The van der Waals surface area contributed by atoms with Crippen LogP contribution < -0.4 is 26.2 Å². The van der Waals surface area contributed by atoms with Crippen molar-refractivity contribution in [2.45, 2.75) is 52.4 Å². The van der Waals surface area contributed by atoms with Crippen LogP contribution in [0, 0.1) is 0 Å². The summed E-state index contributed by atoms with van der Waals surface area (Å²) in [5, 5.41) is 0.603. The van der Waals surface area contributed by atoms with Crippen LogP contribution in [-0.4, -0.2) is 20.4 Å². The molecule has 0 spiro atoms. The van der Waals surface area contributed by atoms with Crippen molar-refractivity contribution in [3.05, 3.63) is 326 Å². The van der Waals surface area contributed by atoms with Crippen molar-refractivity contribution in [1.82, 2.24) is 13.7 Å². The van der Waals surface area contributed by atoms with Crippen LogP contribution in [0.15, 0.2) is 315 Å². The third-order valence-corrected chi connectivity index (χ3v) is 19.6. The number of benzene rings is 14. The van der Waals surface area contributed by atoms with E-state index in [0.717, 1.165) is 48.8 Å². The normalized spacial score (nSPS) is 15.9. The highest BCUT2D eigenvalue weighted by Crippen LogP contribution is 2.52. The largest absolute Gasteiger partial charge is 0.311 e. The second-order valence-corrected chi connectivity index (χ2v) is 27.3. The number of anilines is 6. The minimum Gasteiger partial charge on any atom is -0.311 e. The third kappa shape index (κ3) is 8.87. The molecule has 0 bridgehead atoms. The van der Waals surface area contributed by atoms with E-state index in [9.17, 15) is 23.3 Å². The van der Waals surface area contributed by atoms with E-state index in [1.54, 1.807) is 6.07 Å². The first-order chi connectivity index (χ1) is 56.6. The molecule has 0 atom stereocenters. The average molecular weight is 1280 g/mol. The summed E-state index contributed by atoms with van der Waals surface area (Å²) in [4.78, 5) is 3.81. The molecule has 0 radical (unpaired) electrons. The minimum atomic E-state index is -1.49. The molecule has 2 aliphatic rings. The lowest BCUT2D eigenvalue weighted by Gasteiger charge is -2.45. The summed E-state index contributed by atoms with van der Waals surface area (Å²) in [5.41, 5.74) is 7.99. The fourth-order valence-corrected chi connectivity index (χ4v) is 14.9. The maximum absolute atomic E-state index is 11.5. The smallest absolute Gasteiger partial charge is 0.252 e. The van der Waals surface area contributed by atoms with E-state index in [0.29, 0.717) is 56.0 Å². The molecule has 98 heavy (non-hydrogen) atoms. The van der Waals surface area contributed by atoms with Gasteiger partial charge in [0.05, 0.1) is 73.3 Å². The Balaban J connectivity index is 1.03. The van der Waals surface area contributed by atoms with Gasteiger partial charge >= 0.3 is 0 Å². The zero-order chi connectivity index (χ0) is 84.0. The molecule has 17 aromatic rings. The minimum absolute atomic E-state index is 0.0185. The van der Waals surface area contributed by atoms with Crippen LogP contribution in [0.1, 0.15) is 81.5 Å². The van der Waals surface area contributed by atoms with Crippen LogP contribution in [-0.2, 0) is 10.8 Å². The molecule has 0 saturated heterocycles. The van der Waals surface area contributed by atoms with Gasteiger partial charge in [-0.05, 0) is 164 Å². The fourth-order valence-electron chi connectivity index (χ4n) is 14.9. The van der Waals surface area contributed by atoms with E-state index in [4.69, 9.17) is 5.48 Å². The second-order valence-electron chi connectivity index (χ2n) is 27.3. The van der Waals surface area contributed by atoms with Gasteiger partial charge in [0, 0.05) is 83.3 Å². The zero-order valence-corrected chi connectivity index (χ0v) is 54.2. The number of fused-ring (bicyclic) bond motifs is 13. The molecule has 0 saturated carbocycles. The van der Waals surface area contributed by atoms with Crippen molar-refractivity contribution in [3.63, 3.8) is 0 Å². The molecule has 0 unspecified atom stereocenters. The van der Waals surface area contributed by atoms with Crippen molar-refractivity contribution in [2.75, 3.05) is 9.80 Å². The van der Waals surface area contributed by atoms with Crippen molar-refractivity contribution < 1.29 is 28.8 Å². The lowest BCUT2D eigenvalue weighted by Crippen LogP contribution is -2.61. The number of hydrogen-bond donors (Lipinski definition) is 0. The Morgan fingerprint density at radius 2 is 0.714 bits per heavy atom. The highest BCUT2D eigenvalue weighted by Gasteiger charge is 2.45. The maximum Gasteiger partial charge on any atom is 0.252 e. The number of rotatable bonds is 8. The zero-order valence-electron chi connectivity index (χ0n) is 75.2. The molecular weight excluding hydrogens is 1190 g/mol. The Labute approximate surface area is 601 Å². The van der Waals surface area contributed by atoms with Crippen LogP contribution in [0.4, 0.5) is 34.1 Å². The van der Waals surface area contributed by atoms with E-state index in [-0.39, 0.29) is 71.4 Å². The summed E-state index contributed by atoms with van der Waals surface area (Å²) in [6, 6.07) is 47.2. The summed E-state index contributed by atoms with van der Waals surface area (Å²) in [6.07, 6.45) is 0. The lowest BCUT2D eigenvalue weighted by atomic mass is 9.33. The molecule has 3 aromatic heterocycles. The molecular formula is C92H70BN5. The highest BCUT2D eigenvalue weighted by atomic mass is 15.2. The lowest BCUT2D eigenvalue weighted by molar-refractivity contribution is 0.590. The molecule has 14 aromatic carbocycles. The van der Waals surface area contributed by atoms with Gasteiger partial charge in [-0.25, -0.2) is 0 Å². The quantitative estimate of drug-likeness (QED) is 0.141. The Bertz CT molecular complexity index is 7250. The van der Waals surface area contributed by atoms with Gasteiger partial charge in [-0.2, -0.15) is 0 Å². The molecule has 5 nitrogen and oxygen atoms in total. The summed E-state index contributed by atoms with van der Waals surface area (Å²) in [5.74, 6) is 0. The first-order valence-corrected chi connectivity index (χ1v) is 32.7. The van der Waals surface area contributed by atoms with E-state index >= 15 is 0 Å². The number of hydrogen-bond acceptors (Lipinski definition) is 2. The predicted octanol–water partition coefficient (Wildman–Crippen LogP) is 22.7. The van der Waals surface area contributed by atoms with Crippen molar-refractivity contribution >= 4 is 123 Å². The molecule has 2 aliphatic heterocycles. The van der Waals surface area contributed by atoms with Crippen molar-refractivity contribution in [2.24, 2.45) is 0 Å². The molecule has 0 fully saturated rings. The van der Waals surface area contributed by atoms with Gasteiger partial charge in [0.25, 0.3) is 6.71 Å². The van der Waals surface area contributed by atoms with Crippen LogP contribution >= 0.6 is 0 Å². The van der Waals surface area contributed by atoms with E-state index < -0.39 is 150 Å². The summed E-state index contributed by atoms with van der Waals surface area (Å²) < 4.78 is 210. The Morgan fingerprint density at radius 3 is 1.26 bits per heavy atom. The number of aromatic nitrogens is 3. The Kier molecular flexibility index (Phi) is 8.89. The number of para-hydroxylation sites is 8. The van der Waals surface area contributed by atoms with Crippen LogP contribution in [0.25, 0.3) is 116 Å². The molecule has 0 amide bonds. The first-order valence-electron chi connectivity index (χ1n) is 43.2. The van der Waals surface area contributed by atoms with Crippen LogP contribution in [0.3, 0.4) is 0 Å². The van der Waals surface area contributed by atoms with Gasteiger partial charge in [-0.3, -0.25) is 0 Å². The summed E-state index contributed by atoms with van der Waals surface area (Å²) >= 11 is 0.